The standard InChI is InChI=1S/C24H18F2N6O2/c1-12-22(13(2)32(31-12)11-15-5-3-14(10-27)4-6-15)30-24(34)20-9-17(23(28)33)21-18(26)7-16(25)8-19(21)29-20/h3-9H,11H2,1-2H3,(H2,28,33)(H,30,34). The molecule has 0 unspecified atom stereocenters. The normalized spacial score (nSPS) is 10.8. The second-order valence-corrected chi connectivity index (χ2v) is 7.67. The number of hydrogen-bond donors (Lipinski definition) is 2. The van der Waals surface area contributed by atoms with Gasteiger partial charge in [-0.3, -0.25) is 14.3 Å². The summed E-state index contributed by atoms with van der Waals surface area (Å²) in [6, 6.07) is 11.7. The van der Waals surface area contributed by atoms with Gasteiger partial charge in [-0.2, -0.15) is 10.4 Å². The summed E-state index contributed by atoms with van der Waals surface area (Å²) in [7, 11) is 0. The molecule has 0 aliphatic heterocycles. The number of halogens is 2. The van der Waals surface area contributed by atoms with Gasteiger partial charge < -0.3 is 11.1 Å². The number of anilines is 1. The number of nitrogens with two attached hydrogens (primary N) is 1. The zero-order valence-electron chi connectivity index (χ0n) is 18.2. The molecule has 170 valence electrons. The molecule has 4 aromatic rings. The Hall–Kier alpha value is -4.65. The number of rotatable bonds is 5. The van der Waals surface area contributed by atoms with Gasteiger partial charge in [-0.15, -0.1) is 0 Å². The van der Waals surface area contributed by atoms with Crippen molar-refractivity contribution in [3.05, 3.63) is 87.9 Å². The highest BCUT2D eigenvalue weighted by Crippen LogP contribution is 2.25. The van der Waals surface area contributed by atoms with E-state index in [9.17, 15) is 18.4 Å². The molecule has 10 heteroatoms. The summed E-state index contributed by atoms with van der Waals surface area (Å²) in [6.07, 6.45) is 0. The van der Waals surface area contributed by atoms with E-state index < -0.39 is 23.4 Å². The Balaban J connectivity index is 1.66. The van der Waals surface area contributed by atoms with Crippen LogP contribution in [0, 0.1) is 36.8 Å². The number of nitrogens with zero attached hydrogens (tertiary/aromatic N) is 4. The lowest BCUT2D eigenvalue weighted by Crippen LogP contribution is -2.19. The van der Waals surface area contributed by atoms with Crippen LogP contribution in [0.1, 0.15) is 43.4 Å². The third-order valence-electron chi connectivity index (χ3n) is 5.36. The minimum atomic E-state index is -1.00. The molecule has 0 spiro atoms. The Morgan fingerprint density at radius 1 is 1.15 bits per heavy atom. The molecular formula is C24H18F2N6O2. The number of aromatic nitrogens is 3. The van der Waals surface area contributed by atoms with E-state index in [0.29, 0.717) is 35.2 Å². The zero-order chi connectivity index (χ0) is 24.6. The van der Waals surface area contributed by atoms with Crippen LogP contribution in [0.3, 0.4) is 0 Å². The maximum atomic E-state index is 14.3. The third kappa shape index (κ3) is 4.19. The van der Waals surface area contributed by atoms with Crippen molar-refractivity contribution in [1.82, 2.24) is 14.8 Å². The van der Waals surface area contributed by atoms with E-state index in [4.69, 9.17) is 11.0 Å². The van der Waals surface area contributed by atoms with Gasteiger partial charge in [0.1, 0.15) is 17.3 Å². The molecular weight excluding hydrogens is 442 g/mol. The first kappa shape index (κ1) is 22.5. The number of aryl methyl sites for hydroxylation is 1. The van der Waals surface area contributed by atoms with Gasteiger partial charge in [0, 0.05) is 17.5 Å². The van der Waals surface area contributed by atoms with E-state index in [-0.39, 0.29) is 22.2 Å². The van der Waals surface area contributed by atoms with Gasteiger partial charge in [0.2, 0.25) is 5.91 Å². The van der Waals surface area contributed by atoms with Crippen molar-refractivity contribution in [1.29, 1.82) is 5.26 Å². The number of carbonyl (C=O) groups excluding carboxylic acids is 2. The second-order valence-electron chi connectivity index (χ2n) is 7.67. The average molecular weight is 460 g/mol. The number of hydrogen-bond acceptors (Lipinski definition) is 5. The van der Waals surface area contributed by atoms with Crippen molar-refractivity contribution in [2.75, 3.05) is 5.32 Å². The average Bonchev–Trinajstić information content (AvgIpc) is 3.05. The predicted molar refractivity (Wildman–Crippen MR) is 120 cm³/mol. The van der Waals surface area contributed by atoms with Crippen LogP contribution in [0.15, 0.2) is 42.5 Å². The Labute approximate surface area is 192 Å². The van der Waals surface area contributed by atoms with Crippen LogP contribution in [0.4, 0.5) is 14.5 Å². The SMILES string of the molecule is Cc1nn(Cc2ccc(C#N)cc2)c(C)c1NC(=O)c1cc(C(N)=O)c2c(F)cc(F)cc2n1. The summed E-state index contributed by atoms with van der Waals surface area (Å²) in [6.45, 7) is 3.89. The van der Waals surface area contributed by atoms with Gasteiger partial charge in [0.15, 0.2) is 0 Å². The fourth-order valence-corrected chi connectivity index (χ4v) is 3.66. The molecule has 0 bridgehead atoms. The smallest absolute Gasteiger partial charge is 0.274 e. The molecule has 2 aromatic heterocycles. The number of primary amides is 1. The summed E-state index contributed by atoms with van der Waals surface area (Å²) in [5, 5.41) is 15.8. The van der Waals surface area contributed by atoms with Crippen molar-refractivity contribution in [2.45, 2.75) is 20.4 Å². The fourth-order valence-electron chi connectivity index (χ4n) is 3.66. The van der Waals surface area contributed by atoms with Crippen molar-refractivity contribution in [3.63, 3.8) is 0 Å². The lowest BCUT2D eigenvalue weighted by Gasteiger charge is -2.10. The Kier molecular flexibility index (Phi) is 5.77. The zero-order valence-corrected chi connectivity index (χ0v) is 18.2. The number of carbonyl (C=O) groups is 2. The van der Waals surface area contributed by atoms with Gasteiger partial charge in [0.05, 0.1) is 46.3 Å². The van der Waals surface area contributed by atoms with E-state index in [2.05, 4.69) is 21.5 Å². The molecule has 4 rings (SSSR count). The molecule has 2 heterocycles. The third-order valence-corrected chi connectivity index (χ3v) is 5.36. The van der Waals surface area contributed by atoms with Crippen LogP contribution in [0.5, 0.6) is 0 Å². The summed E-state index contributed by atoms with van der Waals surface area (Å²) in [5.74, 6) is -3.58. The first-order chi connectivity index (χ1) is 16.2. The summed E-state index contributed by atoms with van der Waals surface area (Å²) >= 11 is 0. The largest absolute Gasteiger partial charge is 0.366 e. The van der Waals surface area contributed by atoms with E-state index in [0.717, 1.165) is 17.7 Å². The molecule has 2 aromatic carbocycles. The lowest BCUT2D eigenvalue weighted by molar-refractivity contribution is 0.100. The Morgan fingerprint density at radius 2 is 1.85 bits per heavy atom. The minimum absolute atomic E-state index is 0.205. The highest BCUT2D eigenvalue weighted by Gasteiger charge is 2.21. The van der Waals surface area contributed by atoms with Gasteiger partial charge in [-0.25, -0.2) is 13.8 Å². The van der Waals surface area contributed by atoms with Crippen LogP contribution >= 0.6 is 0 Å². The summed E-state index contributed by atoms with van der Waals surface area (Å²) in [4.78, 5) is 28.9. The van der Waals surface area contributed by atoms with E-state index in [1.165, 1.54) is 0 Å². The van der Waals surface area contributed by atoms with Crippen LogP contribution in [-0.2, 0) is 6.54 Å². The number of nitrogens with one attached hydrogen (secondary N) is 1. The maximum Gasteiger partial charge on any atom is 0.274 e. The molecule has 0 aliphatic rings. The maximum absolute atomic E-state index is 14.3. The molecule has 2 amide bonds. The van der Waals surface area contributed by atoms with Crippen LogP contribution in [0.25, 0.3) is 10.9 Å². The van der Waals surface area contributed by atoms with Crippen LogP contribution < -0.4 is 11.1 Å². The lowest BCUT2D eigenvalue weighted by atomic mass is 10.1. The highest BCUT2D eigenvalue weighted by molar-refractivity contribution is 6.10. The molecule has 34 heavy (non-hydrogen) atoms. The van der Waals surface area contributed by atoms with Crippen molar-refractivity contribution in [2.24, 2.45) is 5.73 Å². The van der Waals surface area contributed by atoms with Gasteiger partial charge >= 0.3 is 0 Å². The quantitative estimate of drug-likeness (QED) is 0.471. The molecule has 0 aliphatic carbocycles. The first-order valence-corrected chi connectivity index (χ1v) is 10.1. The van der Waals surface area contributed by atoms with E-state index in [1.54, 1.807) is 30.7 Å². The monoisotopic (exact) mass is 460 g/mol. The van der Waals surface area contributed by atoms with Gasteiger partial charge in [0.25, 0.3) is 5.91 Å². The van der Waals surface area contributed by atoms with E-state index >= 15 is 0 Å². The van der Waals surface area contributed by atoms with Gasteiger partial charge in [-0.1, -0.05) is 12.1 Å². The minimum Gasteiger partial charge on any atom is -0.366 e. The highest BCUT2D eigenvalue weighted by atomic mass is 19.1. The Bertz CT molecular complexity index is 1500. The van der Waals surface area contributed by atoms with Crippen molar-refractivity contribution < 1.29 is 18.4 Å². The van der Waals surface area contributed by atoms with Crippen molar-refractivity contribution in [3.8, 4) is 6.07 Å². The Morgan fingerprint density at radius 3 is 2.50 bits per heavy atom. The number of pyridine rings is 1. The van der Waals surface area contributed by atoms with Crippen LogP contribution in [-0.4, -0.2) is 26.6 Å². The summed E-state index contributed by atoms with van der Waals surface area (Å²) < 4.78 is 29.7. The summed E-state index contributed by atoms with van der Waals surface area (Å²) in [5.41, 5.74) is 7.73. The molecule has 3 N–H and O–H groups in total. The molecule has 0 radical (unpaired) electrons. The molecule has 8 nitrogen and oxygen atoms in total. The number of amides is 2. The van der Waals surface area contributed by atoms with Gasteiger partial charge in [-0.05, 0) is 37.6 Å². The van der Waals surface area contributed by atoms with Crippen LogP contribution in [0.2, 0.25) is 0 Å². The van der Waals surface area contributed by atoms with Crippen molar-refractivity contribution >= 4 is 28.4 Å². The molecule has 0 saturated heterocycles. The fraction of sp³-hybridized carbons (Fsp3) is 0.125. The first-order valence-electron chi connectivity index (χ1n) is 10.1. The number of benzene rings is 2. The molecule has 0 atom stereocenters. The second kappa shape index (κ2) is 8.71. The number of nitriles is 1. The number of fused-ring (bicyclic) bond motifs is 1. The topological polar surface area (TPSA) is 127 Å². The molecule has 0 fully saturated rings. The molecule has 0 saturated carbocycles. The van der Waals surface area contributed by atoms with E-state index in [1.807, 2.05) is 12.1 Å². The predicted octanol–water partition coefficient (Wildman–Crippen LogP) is 3.60.